The van der Waals surface area contributed by atoms with Gasteiger partial charge in [-0.25, -0.2) is 8.78 Å². The van der Waals surface area contributed by atoms with Crippen LogP contribution in [0.25, 0.3) is 0 Å². The summed E-state index contributed by atoms with van der Waals surface area (Å²) >= 11 is 3.16. The lowest BCUT2D eigenvalue weighted by atomic mass is 10.1. The van der Waals surface area contributed by atoms with Crippen LogP contribution in [0.4, 0.5) is 8.78 Å². The molecule has 0 atom stereocenters. The van der Waals surface area contributed by atoms with Gasteiger partial charge in [-0.1, -0.05) is 34.6 Å². The first-order valence-corrected chi connectivity index (χ1v) is 4.66. The van der Waals surface area contributed by atoms with Crippen molar-refractivity contribution in [1.82, 2.24) is 0 Å². The number of benzene rings is 1. The molecule has 0 aromatic heterocycles. The third kappa shape index (κ3) is 2.92. The highest BCUT2D eigenvalue weighted by molar-refractivity contribution is 9.11. The Morgan fingerprint density at radius 2 is 2.08 bits per heavy atom. The maximum atomic E-state index is 13.0. The van der Waals surface area contributed by atoms with Gasteiger partial charge < -0.3 is 0 Å². The highest BCUT2D eigenvalue weighted by Gasteiger charge is 2.06. The molecule has 0 heterocycles. The number of hydrogen-bond acceptors (Lipinski definition) is 0. The van der Waals surface area contributed by atoms with Crippen molar-refractivity contribution < 1.29 is 8.78 Å². The summed E-state index contributed by atoms with van der Waals surface area (Å²) in [5.41, 5.74) is 0.389. The molecular formula is C10H9BrF2. The van der Waals surface area contributed by atoms with Crippen LogP contribution in [-0.2, 0) is 6.42 Å². The molecule has 1 rings (SSSR count). The first kappa shape index (κ1) is 10.4. The number of halogens is 3. The molecule has 0 fully saturated rings. The van der Waals surface area contributed by atoms with E-state index >= 15 is 0 Å². The molecule has 0 radical (unpaired) electrons. The largest absolute Gasteiger partial charge is 0.204 e. The Hall–Kier alpha value is -0.700. The third-order valence-corrected chi connectivity index (χ3v) is 2.09. The fraction of sp³-hybridized carbons (Fsp3) is 0.200. The van der Waals surface area contributed by atoms with E-state index in [9.17, 15) is 8.78 Å². The molecule has 0 aliphatic carbocycles. The van der Waals surface area contributed by atoms with Crippen molar-refractivity contribution in [1.29, 1.82) is 0 Å². The second-order valence-corrected chi connectivity index (χ2v) is 3.85. The number of hydrogen-bond donors (Lipinski definition) is 0. The van der Waals surface area contributed by atoms with Crippen LogP contribution in [0.1, 0.15) is 12.0 Å². The number of aryl methyl sites for hydroxylation is 1. The molecule has 1 aromatic rings. The lowest BCUT2D eigenvalue weighted by molar-refractivity contribution is 0.498. The first-order valence-electron chi connectivity index (χ1n) is 3.87. The zero-order valence-electron chi connectivity index (χ0n) is 6.99. The van der Waals surface area contributed by atoms with E-state index in [1.807, 2.05) is 0 Å². The molecule has 0 nitrogen and oxygen atoms in total. The van der Waals surface area contributed by atoms with Crippen LogP contribution in [-0.4, -0.2) is 0 Å². The molecule has 0 aliphatic heterocycles. The molecule has 0 N–H and O–H groups in total. The van der Waals surface area contributed by atoms with Crippen LogP contribution in [0.3, 0.4) is 0 Å². The van der Waals surface area contributed by atoms with Crippen molar-refractivity contribution >= 4 is 15.9 Å². The predicted molar refractivity (Wildman–Crippen MR) is 52.7 cm³/mol. The second-order valence-electron chi connectivity index (χ2n) is 2.73. The average Bonchev–Trinajstić information content (AvgIpc) is 2.07. The SMILES string of the molecule is C=C(Br)CCc1cccc(F)c1F. The van der Waals surface area contributed by atoms with Crippen molar-refractivity contribution in [2.75, 3.05) is 0 Å². The fourth-order valence-corrected chi connectivity index (χ4v) is 1.21. The van der Waals surface area contributed by atoms with Crippen molar-refractivity contribution in [3.63, 3.8) is 0 Å². The Kier molecular flexibility index (Phi) is 3.60. The molecule has 0 saturated heterocycles. The second kappa shape index (κ2) is 4.51. The predicted octanol–water partition coefficient (Wildman–Crippen LogP) is 3.81. The maximum absolute atomic E-state index is 13.0. The average molecular weight is 247 g/mol. The maximum Gasteiger partial charge on any atom is 0.162 e. The third-order valence-electron chi connectivity index (χ3n) is 1.70. The zero-order chi connectivity index (χ0) is 9.84. The van der Waals surface area contributed by atoms with Crippen molar-refractivity contribution in [3.05, 3.63) is 46.5 Å². The minimum absolute atomic E-state index is 0.389. The molecule has 70 valence electrons. The molecular weight excluding hydrogens is 238 g/mol. The van der Waals surface area contributed by atoms with E-state index in [0.717, 1.165) is 10.5 Å². The molecule has 3 heteroatoms. The smallest absolute Gasteiger partial charge is 0.162 e. The zero-order valence-corrected chi connectivity index (χ0v) is 8.57. The Morgan fingerprint density at radius 1 is 1.38 bits per heavy atom. The molecule has 1 aromatic carbocycles. The Morgan fingerprint density at radius 3 is 2.69 bits per heavy atom. The van der Waals surface area contributed by atoms with E-state index in [4.69, 9.17) is 0 Å². The van der Waals surface area contributed by atoms with E-state index in [0.29, 0.717) is 18.4 Å². The Labute approximate surface area is 84.4 Å². The normalized spacial score (nSPS) is 10.1. The quantitative estimate of drug-likeness (QED) is 0.761. The number of rotatable bonds is 3. The van der Waals surface area contributed by atoms with E-state index in [1.54, 1.807) is 6.07 Å². The van der Waals surface area contributed by atoms with Crippen LogP contribution < -0.4 is 0 Å². The van der Waals surface area contributed by atoms with Gasteiger partial charge in [-0.2, -0.15) is 0 Å². The Bertz CT molecular complexity index is 321. The number of allylic oxidation sites excluding steroid dienone is 1. The minimum Gasteiger partial charge on any atom is -0.204 e. The molecule has 0 spiro atoms. The molecule has 0 bridgehead atoms. The highest BCUT2D eigenvalue weighted by atomic mass is 79.9. The van der Waals surface area contributed by atoms with Crippen LogP contribution in [0.2, 0.25) is 0 Å². The van der Waals surface area contributed by atoms with Gasteiger partial charge in [0.25, 0.3) is 0 Å². The molecule has 0 unspecified atom stereocenters. The summed E-state index contributed by atoms with van der Waals surface area (Å²) in [6.07, 6.45) is 1.08. The Balaban J connectivity index is 2.77. The van der Waals surface area contributed by atoms with Gasteiger partial charge in [-0.3, -0.25) is 0 Å². The van der Waals surface area contributed by atoms with Gasteiger partial charge in [-0.15, -0.1) is 0 Å². The lowest BCUT2D eigenvalue weighted by Crippen LogP contribution is -1.93. The van der Waals surface area contributed by atoms with E-state index < -0.39 is 11.6 Å². The van der Waals surface area contributed by atoms with Crippen LogP contribution in [0.5, 0.6) is 0 Å². The summed E-state index contributed by atoms with van der Waals surface area (Å²) in [6, 6.07) is 4.20. The van der Waals surface area contributed by atoms with Gasteiger partial charge in [0.1, 0.15) is 0 Å². The van der Waals surface area contributed by atoms with Crippen molar-refractivity contribution in [2.24, 2.45) is 0 Å². The van der Waals surface area contributed by atoms with Gasteiger partial charge in [0.15, 0.2) is 11.6 Å². The van der Waals surface area contributed by atoms with Crippen LogP contribution in [0.15, 0.2) is 29.3 Å². The summed E-state index contributed by atoms with van der Waals surface area (Å²) in [7, 11) is 0. The molecule has 0 aliphatic rings. The molecule has 13 heavy (non-hydrogen) atoms. The monoisotopic (exact) mass is 246 g/mol. The van der Waals surface area contributed by atoms with Gasteiger partial charge in [-0.05, 0) is 29.0 Å². The summed E-state index contributed by atoms with van der Waals surface area (Å²) < 4.78 is 26.5. The summed E-state index contributed by atoms with van der Waals surface area (Å²) in [5.74, 6) is -1.55. The van der Waals surface area contributed by atoms with Crippen molar-refractivity contribution in [2.45, 2.75) is 12.8 Å². The van der Waals surface area contributed by atoms with E-state index in [-0.39, 0.29) is 0 Å². The van der Waals surface area contributed by atoms with E-state index in [1.165, 1.54) is 6.07 Å². The summed E-state index contributed by atoms with van der Waals surface area (Å²) in [4.78, 5) is 0. The summed E-state index contributed by atoms with van der Waals surface area (Å²) in [5, 5.41) is 0. The van der Waals surface area contributed by atoms with Crippen molar-refractivity contribution in [3.8, 4) is 0 Å². The van der Waals surface area contributed by atoms with Gasteiger partial charge in [0.2, 0.25) is 0 Å². The summed E-state index contributed by atoms with van der Waals surface area (Å²) in [6.45, 7) is 3.62. The fourth-order valence-electron chi connectivity index (χ4n) is 1.01. The lowest BCUT2D eigenvalue weighted by Gasteiger charge is -2.02. The topological polar surface area (TPSA) is 0 Å². The van der Waals surface area contributed by atoms with Gasteiger partial charge in [0, 0.05) is 0 Å². The standard InChI is InChI=1S/C10H9BrF2/c1-7(11)5-6-8-3-2-4-9(12)10(8)13/h2-4H,1,5-6H2. The van der Waals surface area contributed by atoms with E-state index in [2.05, 4.69) is 22.5 Å². The minimum atomic E-state index is -0.794. The van der Waals surface area contributed by atoms with Crippen LogP contribution >= 0.6 is 15.9 Å². The molecule has 0 saturated carbocycles. The van der Waals surface area contributed by atoms with Crippen LogP contribution in [0, 0.1) is 11.6 Å². The first-order chi connectivity index (χ1) is 6.11. The highest BCUT2D eigenvalue weighted by Crippen LogP contribution is 2.16. The molecule has 0 amide bonds. The van der Waals surface area contributed by atoms with Gasteiger partial charge in [0.05, 0.1) is 0 Å². The van der Waals surface area contributed by atoms with Gasteiger partial charge >= 0.3 is 0 Å².